The van der Waals surface area contributed by atoms with Crippen molar-refractivity contribution in [1.82, 2.24) is 20.3 Å². The van der Waals surface area contributed by atoms with Crippen LogP contribution >= 0.6 is 0 Å². The molecule has 1 N–H and O–H groups in total. The second-order valence-corrected chi connectivity index (χ2v) is 10.1. The summed E-state index contributed by atoms with van der Waals surface area (Å²) in [7, 11) is 1.58. The zero-order chi connectivity index (χ0) is 28.9. The minimum Gasteiger partial charge on any atom is -0.497 e. The van der Waals surface area contributed by atoms with E-state index in [4.69, 9.17) is 4.74 Å². The number of ether oxygens (including phenoxy) is 1. The van der Waals surface area contributed by atoms with Crippen molar-refractivity contribution in [3.05, 3.63) is 119 Å². The van der Waals surface area contributed by atoms with E-state index in [2.05, 4.69) is 15.6 Å². The second kappa shape index (κ2) is 12.0. The van der Waals surface area contributed by atoms with Gasteiger partial charge in [-0.25, -0.2) is 4.68 Å². The van der Waals surface area contributed by atoms with Gasteiger partial charge in [0.15, 0.2) is 0 Å². The Hall–Kier alpha value is -4.98. The number of carbonyl (C=O) groups is 2. The third kappa shape index (κ3) is 5.96. The second-order valence-electron chi connectivity index (χ2n) is 10.1. The summed E-state index contributed by atoms with van der Waals surface area (Å²) in [4.78, 5) is 30.2. The van der Waals surface area contributed by atoms with Crippen LogP contribution in [0.5, 0.6) is 5.75 Å². The lowest BCUT2D eigenvalue weighted by molar-refractivity contribution is -0.127. The van der Waals surface area contributed by atoms with Crippen LogP contribution < -0.4 is 15.0 Å². The van der Waals surface area contributed by atoms with Gasteiger partial charge in [0.1, 0.15) is 23.9 Å². The molecule has 8 nitrogen and oxygen atoms in total. The first kappa shape index (κ1) is 27.6. The smallest absolute Gasteiger partial charge is 0.249 e. The fraction of sp³-hybridized carbons (Fsp3) is 0.212. The van der Waals surface area contributed by atoms with E-state index in [1.54, 1.807) is 22.8 Å². The van der Waals surface area contributed by atoms with Crippen LogP contribution in [0.3, 0.4) is 0 Å². The van der Waals surface area contributed by atoms with Crippen molar-refractivity contribution in [2.24, 2.45) is 0 Å². The van der Waals surface area contributed by atoms with Gasteiger partial charge >= 0.3 is 0 Å². The Bertz CT molecular complexity index is 1670. The lowest BCUT2D eigenvalue weighted by atomic mass is 9.98. The van der Waals surface area contributed by atoms with Crippen LogP contribution in [0.2, 0.25) is 0 Å². The molecule has 0 aliphatic rings. The van der Waals surface area contributed by atoms with E-state index in [1.807, 2.05) is 106 Å². The molecule has 5 rings (SSSR count). The maximum atomic E-state index is 14.4. The van der Waals surface area contributed by atoms with Gasteiger partial charge in [-0.3, -0.25) is 14.5 Å². The van der Waals surface area contributed by atoms with E-state index in [-0.39, 0.29) is 18.4 Å². The molecule has 5 aromatic rings. The third-order valence-electron chi connectivity index (χ3n) is 7.08. The molecule has 41 heavy (non-hydrogen) atoms. The minimum atomic E-state index is -0.976. The standard InChI is InChI=1S/C33H33N5O3/c1-22-17-23(2)31(24(3)18-22)38(30(39)21-37-29-16-9-8-15-28(29)35-36-37)32(26-13-10-14-27(19-26)41-4)33(40)34-20-25-11-6-5-7-12-25/h5-19,32H,20-21H2,1-4H3,(H,34,40)/t32-/m0/s1. The molecule has 8 heteroatoms. The summed E-state index contributed by atoms with van der Waals surface area (Å²) in [6.07, 6.45) is 0. The number of hydrogen-bond acceptors (Lipinski definition) is 5. The molecular weight excluding hydrogens is 514 g/mol. The third-order valence-corrected chi connectivity index (χ3v) is 7.08. The van der Waals surface area contributed by atoms with E-state index in [9.17, 15) is 9.59 Å². The summed E-state index contributed by atoms with van der Waals surface area (Å²) >= 11 is 0. The van der Waals surface area contributed by atoms with Crippen molar-refractivity contribution in [3.8, 4) is 5.75 Å². The zero-order valence-corrected chi connectivity index (χ0v) is 23.7. The lowest BCUT2D eigenvalue weighted by Crippen LogP contribution is -2.45. The van der Waals surface area contributed by atoms with Crippen LogP contribution in [0.1, 0.15) is 33.9 Å². The number of amides is 2. The molecule has 208 valence electrons. The van der Waals surface area contributed by atoms with Crippen molar-refractivity contribution >= 4 is 28.5 Å². The number of nitrogens with one attached hydrogen (secondary N) is 1. The normalized spacial score (nSPS) is 11.7. The Morgan fingerprint density at radius 1 is 0.902 bits per heavy atom. The number of hydrogen-bond donors (Lipinski definition) is 1. The van der Waals surface area contributed by atoms with Crippen LogP contribution in [0, 0.1) is 20.8 Å². The molecule has 1 aromatic heterocycles. The van der Waals surface area contributed by atoms with Crippen LogP contribution in [-0.4, -0.2) is 33.9 Å². The fourth-order valence-corrected chi connectivity index (χ4v) is 5.30. The molecule has 4 aromatic carbocycles. The van der Waals surface area contributed by atoms with Crippen LogP contribution in [0.25, 0.3) is 11.0 Å². The van der Waals surface area contributed by atoms with Gasteiger partial charge in [-0.2, -0.15) is 0 Å². The maximum absolute atomic E-state index is 14.4. The van der Waals surface area contributed by atoms with Gasteiger partial charge in [0.2, 0.25) is 11.8 Å². The van der Waals surface area contributed by atoms with Gasteiger partial charge in [0.25, 0.3) is 0 Å². The van der Waals surface area contributed by atoms with E-state index in [1.165, 1.54) is 0 Å². The highest BCUT2D eigenvalue weighted by atomic mass is 16.5. The quantitative estimate of drug-likeness (QED) is 0.265. The molecule has 0 fully saturated rings. The van der Waals surface area contributed by atoms with Gasteiger partial charge < -0.3 is 10.1 Å². The highest BCUT2D eigenvalue weighted by Gasteiger charge is 2.35. The monoisotopic (exact) mass is 547 g/mol. The Balaban J connectivity index is 1.63. The lowest BCUT2D eigenvalue weighted by Gasteiger charge is -2.34. The highest BCUT2D eigenvalue weighted by Crippen LogP contribution is 2.35. The number of aryl methyl sites for hydroxylation is 3. The van der Waals surface area contributed by atoms with E-state index in [0.29, 0.717) is 29.1 Å². The van der Waals surface area contributed by atoms with Gasteiger partial charge in [-0.1, -0.05) is 77.5 Å². The number of methoxy groups -OCH3 is 1. The van der Waals surface area contributed by atoms with Crippen molar-refractivity contribution in [2.45, 2.75) is 39.9 Å². The minimum absolute atomic E-state index is 0.0975. The first-order valence-electron chi connectivity index (χ1n) is 13.5. The summed E-state index contributed by atoms with van der Waals surface area (Å²) in [5.41, 5.74) is 6.57. The first-order valence-corrected chi connectivity index (χ1v) is 13.5. The van der Waals surface area contributed by atoms with Crippen molar-refractivity contribution in [1.29, 1.82) is 0 Å². The SMILES string of the molecule is COc1cccc([C@@H](C(=O)NCc2ccccc2)N(C(=O)Cn2nnc3ccccc32)c2c(C)cc(C)cc2C)c1. The summed E-state index contributed by atoms with van der Waals surface area (Å²) in [5.74, 6) is -0.00737. The number of para-hydroxylation sites is 1. The Morgan fingerprint density at radius 2 is 1.61 bits per heavy atom. The molecule has 0 radical (unpaired) electrons. The predicted octanol–water partition coefficient (Wildman–Crippen LogP) is 5.46. The first-order chi connectivity index (χ1) is 19.9. The Morgan fingerprint density at radius 3 is 2.34 bits per heavy atom. The Labute approximate surface area is 239 Å². The zero-order valence-electron chi connectivity index (χ0n) is 23.7. The summed E-state index contributed by atoms with van der Waals surface area (Å²) < 4.78 is 7.08. The number of aromatic nitrogens is 3. The Kier molecular flexibility index (Phi) is 8.10. The molecule has 1 heterocycles. The molecule has 2 amide bonds. The molecule has 1 atom stereocenters. The van der Waals surface area contributed by atoms with Crippen molar-refractivity contribution < 1.29 is 14.3 Å². The fourth-order valence-electron chi connectivity index (χ4n) is 5.30. The van der Waals surface area contributed by atoms with Crippen LogP contribution in [0.4, 0.5) is 5.69 Å². The molecule has 0 spiro atoms. The average Bonchev–Trinajstić information content (AvgIpc) is 3.38. The van der Waals surface area contributed by atoms with Gasteiger partial charge in [0.05, 0.1) is 18.3 Å². The molecule has 0 unspecified atom stereocenters. The summed E-state index contributed by atoms with van der Waals surface area (Å²) in [6, 6.07) is 27.6. The van der Waals surface area contributed by atoms with E-state index >= 15 is 0 Å². The number of benzene rings is 4. The molecule has 0 aliphatic carbocycles. The van der Waals surface area contributed by atoms with Crippen LogP contribution in [0.15, 0.2) is 91.0 Å². The molecule has 0 saturated heterocycles. The van der Waals surface area contributed by atoms with Gasteiger partial charge in [0, 0.05) is 6.54 Å². The maximum Gasteiger partial charge on any atom is 0.249 e. The van der Waals surface area contributed by atoms with Crippen molar-refractivity contribution in [2.75, 3.05) is 12.0 Å². The van der Waals surface area contributed by atoms with Crippen LogP contribution in [-0.2, 0) is 22.7 Å². The number of carbonyl (C=O) groups excluding carboxylic acids is 2. The number of fused-ring (bicyclic) bond motifs is 1. The molecular formula is C33H33N5O3. The number of anilines is 1. The van der Waals surface area contributed by atoms with Crippen molar-refractivity contribution in [3.63, 3.8) is 0 Å². The largest absolute Gasteiger partial charge is 0.497 e. The number of nitrogens with zero attached hydrogens (tertiary/aromatic N) is 4. The molecule has 0 bridgehead atoms. The number of rotatable bonds is 9. The highest BCUT2D eigenvalue weighted by molar-refractivity contribution is 6.02. The average molecular weight is 548 g/mol. The molecule has 0 aliphatic heterocycles. The van der Waals surface area contributed by atoms with E-state index < -0.39 is 6.04 Å². The van der Waals surface area contributed by atoms with Gasteiger partial charge in [-0.05, 0) is 67.3 Å². The summed E-state index contributed by atoms with van der Waals surface area (Å²) in [6.45, 7) is 6.17. The predicted molar refractivity (Wildman–Crippen MR) is 160 cm³/mol. The topological polar surface area (TPSA) is 89.4 Å². The van der Waals surface area contributed by atoms with E-state index in [0.717, 1.165) is 27.8 Å². The van der Waals surface area contributed by atoms with Gasteiger partial charge in [-0.15, -0.1) is 5.10 Å². The summed E-state index contributed by atoms with van der Waals surface area (Å²) in [5, 5.41) is 11.5. The molecule has 0 saturated carbocycles.